The molecule has 7 heteroatoms. The molecule has 3 aromatic rings. The number of hydrogen-bond donors (Lipinski definition) is 0. The second kappa shape index (κ2) is 7.89. The number of benzene rings is 1. The lowest BCUT2D eigenvalue weighted by Crippen LogP contribution is -2.28. The first-order valence-corrected chi connectivity index (χ1v) is 9.46. The number of pyridine rings is 1. The summed E-state index contributed by atoms with van der Waals surface area (Å²) in [6.07, 6.45) is -2.10. The van der Waals surface area contributed by atoms with Gasteiger partial charge in [0, 0.05) is 25.2 Å². The van der Waals surface area contributed by atoms with Crippen molar-refractivity contribution in [2.24, 2.45) is 5.92 Å². The fourth-order valence-corrected chi connectivity index (χ4v) is 3.27. The van der Waals surface area contributed by atoms with Crippen LogP contribution in [0, 0.1) is 12.8 Å². The predicted octanol–water partition coefficient (Wildman–Crippen LogP) is 5.33. The maximum absolute atomic E-state index is 12.9. The first kappa shape index (κ1) is 20.9. The van der Waals surface area contributed by atoms with Gasteiger partial charge in [-0.15, -0.1) is 0 Å². The third-order valence-electron chi connectivity index (χ3n) is 4.83. The van der Waals surface area contributed by atoms with Crippen LogP contribution in [0.3, 0.4) is 0 Å². The van der Waals surface area contributed by atoms with Gasteiger partial charge in [-0.05, 0) is 36.6 Å². The fourth-order valence-electron chi connectivity index (χ4n) is 3.27. The van der Waals surface area contributed by atoms with Crippen molar-refractivity contribution < 1.29 is 18.0 Å². The Balaban J connectivity index is 2.06. The Morgan fingerprint density at radius 3 is 2.41 bits per heavy atom. The molecule has 1 amide bonds. The Labute approximate surface area is 168 Å². The van der Waals surface area contributed by atoms with E-state index < -0.39 is 11.7 Å². The summed E-state index contributed by atoms with van der Waals surface area (Å²) < 4.78 is 40.7. The number of hydrogen-bond acceptors (Lipinski definition) is 2. The smallest absolute Gasteiger partial charge is 0.340 e. The van der Waals surface area contributed by atoms with E-state index in [9.17, 15) is 18.0 Å². The van der Waals surface area contributed by atoms with Crippen LogP contribution in [0.1, 0.15) is 37.1 Å². The van der Waals surface area contributed by atoms with Crippen molar-refractivity contribution in [3.8, 4) is 11.3 Å². The van der Waals surface area contributed by atoms with E-state index in [4.69, 9.17) is 4.98 Å². The van der Waals surface area contributed by atoms with E-state index in [2.05, 4.69) is 0 Å². The molecule has 1 aromatic carbocycles. The molecule has 0 aliphatic heterocycles. The minimum Gasteiger partial charge on any atom is -0.340 e. The molecule has 0 atom stereocenters. The molecule has 0 aliphatic rings. The van der Waals surface area contributed by atoms with Crippen LogP contribution in [-0.2, 0) is 17.5 Å². The SMILES string of the molecule is Cc1cccn2c(CN(C)C(=O)CC(C)C)c(-c3ccc(C(F)(F)F)cc3)nc12. The number of aryl methyl sites for hydroxylation is 1. The van der Waals surface area contributed by atoms with Crippen molar-refractivity contribution in [3.63, 3.8) is 0 Å². The Kier molecular flexibility index (Phi) is 5.68. The number of nitrogens with zero attached hydrogens (tertiary/aromatic N) is 3. The zero-order chi connectivity index (χ0) is 21.3. The number of aromatic nitrogens is 2. The monoisotopic (exact) mass is 403 g/mol. The normalized spacial score (nSPS) is 12.0. The molecule has 0 aliphatic carbocycles. The van der Waals surface area contributed by atoms with Gasteiger partial charge in [0.05, 0.1) is 23.5 Å². The number of carbonyl (C=O) groups excluding carboxylic acids is 1. The summed E-state index contributed by atoms with van der Waals surface area (Å²) in [7, 11) is 1.73. The van der Waals surface area contributed by atoms with Crippen molar-refractivity contribution in [1.82, 2.24) is 14.3 Å². The van der Waals surface area contributed by atoms with Crippen LogP contribution in [-0.4, -0.2) is 27.2 Å². The van der Waals surface area contributed by atoms with Gasteiger partial charge in [0.2, 0.25) is 5.91 Å². The highest BCUT2D eigenvalue weighted by Gasteiger charge is 2.30. The van der Waals surface area contributed by atoms with E-state index in [1.54, 1.807) is 11.9 Å². The van der Waals surface area contributed by atoms with Crippen LogP contribution in [0.25, 0.3) is 16.9 Å². The number of carbonyl (C=O) groups is 1. The Morgan fingerprint density at radius 2 is 1.83 bits per heavy atom. The van der Waals surface area contributed by atoms with Crippen molar-refractivity contribution in [2.45, 2.75) is 39.9 Å². The van der Waals surface area contributed by atoms with Crippen LogP contribution < -0.4 is 0 Å². The average Bonchev–Trinajstić information content (AvgIpc) is 3.00. The van der Waals surface area contributed by atoms with Gasteiger partial charge in [-0.2, -0.15) is 13.2 Å². The minimum atomic E-state index is -4.39. The quantitative estimate of drug-likeness (QED) is 0.577. The van der Waals surface area contributed by atoms with E-state index in [1.807, 2.05) is 43.5 Å². The molecule has 154 valence electrons. The average molecular weight is 403 g/mol. The molecule has 0 unspecified atom stereocenters. The molecule has 0 spiro atoms. The largest absolute Gasteiger partial charge is 0.416 e. The molecule has 4 nitrogen and oxygen atoms in total. The topological polar surface area (TPSA) is 37.6 Å². The first-order chi connectivity index (χ1) is 13.6. The van der Waals surface area contributed by atoms with Gasteiger partial charge in [-0.25, -0.2) is 4.98 Å². The van der Waals surface area contributed by atoms with E-state index in [1.165, 1.54) is 12.1 Å². The molecule has 0 N–H and O–H groups in total. The molecular formula is C22H24F3N3O. The van der Waals surface area contributed by atoms with E-state index in [-0.39, 0.29) is 11.8 Å². The molecule has 0 radical (unpaired) electrons. The van der Waals surface area contributed by atoms with Crippen LogP contribution in [0.5, 0.6) is 0 Å². The fraction of sp³-hybridized carbons (Fsp3) is 0.364. The Hall–Kier alpha value is -2.83. The van der Waals surface area contributed by atoms with Gasteiger partial charge in [0.1, 0.15) is 5.65 Å². The van der Waals surface area contributed by atoms with Crippen molar-refractivity contribution >= 4 is 11.6 Å². The highest BCUT2D eigenvalue weighted by atomic mass is 19.4. The van der Waals surface area contributed by atoms with Crippen LogP contribution in [0.15, 0.2) is 42.6 Å². The summed E-state index contributed by atoms with van der Waals surface area (Å²) in [5.41, 5.74) is 2.90. The summed E-state index contributed by atoms with van der Waals surface area (Å²) in [5.74, 6) is 0.254. The van der Waals surface area contributed by atoms with Gasteiger partial charge in [0.15, 0.2) is 0 Å². The van der Waals surface area contributed by atoms with Gasteiger partial charge in [-0.1, -0.05) is 32.0 Å². The van der Waals surface area contributed by atoms with Gasteiger partial charge >= 0.3 is 6.18 Å². The summed E-state index contributed by atoms with van der Waals surface area (Å²) in [4.78, 5) is 18.8. The lowest BCUT2D eigenvalue weighted by Gasteiger charge is -2.19. The summed E-state index contributed by atoms with van der Waals surface area (Å²) >= 11 is 0. The predicted molar refractivity (Wildman–Crippen MR) is 106 cm³/mol. The van der Waals surface area contributed by atoms with Crippen LogP contribution in [0.2, 0.25) is 0 Å². The molecule has 0 saturated heterocycles. The number of halogens is 3. The number of fused-ring (bicyclic) bond motifs is 1. The second-order valence-corrected chi connectivity index (χ2v) is 7.71. The summed E-state index contributed by atoms with van der Waals surface area (Å²) in [6, 6.07) is 8.79. The summed E-state index contributed by atoms with van der Waals surface area (Å²) in [5, 5.41) is 0. The summed E-state index contributed by atoms with van der Waals surface area (Å²) in [6.45, 7) is 6.21. The van der Waals surface area contributed by atoms with Gasteiger partial charge < -0.3 is 9.30 Å². The van der Waals surface area contributed by atoms with Crippen molar-refractivity contribution in [3.05, 3.63) is 59.4 Å². The number of rotatable bonds is 5. The third-order valence-corrected chi connectivity index (χ3v) is 4.83. The lowest BCUT2D eigenvalue weighted by molar-refractivity contribution is -0.137. The minimum absolute atomic E-state index is 0.0148. The zero-order valence-corrected chi connectivity index (χ0v) is 16.9. The Morgan fingerprint density at radius 1 is 1.17 bits per heavy atom. The number of amides is 1. The molecule has 2 aromatic heterocycles. The van der Waals surface area contributed by atoms with E-state index >= 15 is 0 Å². The van der Waals surface area contributed by atoms with Crippen molar-refractivity contribution in [2.75, 3.05) is 7.05 Å². The maximum atomic E-state index is 12.9. The van der Waals surface area contributed by atoms with Crippen LogP contribution >= 0.6 is 0 Å². The Bertz CT molecular complexity index is 1020. The number of alkyl halides is 3. The molecule has 0 bridgehead atoms. The third kappa shape index (κ3) is 4.44. The molecular weight excluding hydrogens is 379 g/mol. The van der Waals surface area contributed by atoms with Crippen LogP contribution in [0.4, 0.5) is 13.2 Å². The molecule has 0 fully saturated rings. The standard InChI is InChI=1S/C22H24F3N3O/c1-14(2)12-19(29)27(4)13-18-20(26-21-15(3)6-5-11-28(18)21)16-7-9-17(10-8-16)22(23,24)25/h5-11,14H,12-13H2,1-4H3. The van der Waals surface area contributed by atoms with E-state index in [0.29, 0.717) is 24.2 Å². The van der Waals surface area contributed by atoms with E-state index in [0.717, 1.165) is 29.0 Å². The molecule has 2 heterocycles. The molecule has 0 saturated carbocycles. The molecule has 29 heavy (non-hydrogen) atoms. The highest BCUT2D eigenvalue weighted by Crippen LogP contribution is 2.32. The zero-order valence-electron chi connectivity index (χ0n) is 16.9. The maximum Gasteiger partial charge on any atom is 0.416 e. The molecule has 3 rings (SSSR count). The first-order valence-electron chi connectivity index (χ1n) is 9.46. The lowest BCUT2D eigenvalue weighted by atomic mass is 10.1. The van der Waals surface area contributed by atoms with Crippen molar-refractivity contribution in [1.29, 1.82) is 0 Å². The van der Waals surface area contributed by atoms with Gasteiger partial charge in [-0.3, -0.25) is 4.79 Å². The van der Waals surface area contributed by atoms with Gasteiger partial charge in [0.25, 0.3) is 0 Å². The number of imidazole rings is 1. The second-order valence-electron chi connectivity index (χ2n) is 7.71. The highest BCUT2D eigenvalue weighted by molar-refractivity contribution is 5.76.